The predicted octanol–water partition coefficient (Wildman–Crippen LogP) is 1.53. The molecule has 1 amide bonds. The van der Waals surface area contributed by atoms with E-state index < -0.39 is 0 Å². The van der Waals surface area contributed by atoms with Gasteiger partial charge in [0.05, 0.1) is 0 Å². The van der Waals surface area contributed by atoms with E-state index in [9.17, 15) is 9.59 Å². The molecule has 3 N–H and O–H groups in total. The highest BCUT2D eigenvalue weighted by Crippen LogP contribution is 2.13. The van der Waals surface area contributed by atoms with E-state index in [1.54, 1.807) is 16.7 Å². The first-order valence-electron chi connectivity index (χ1n) is 6.32. The number of rotatable bonds is 4. The van der Waals surface area contributed by atoms with Gasteiger partial charge in [-0.05, 0) is 38.1 Å². The zero-order valence-electron chi connectivity index (χ0n) is 11.4. The third-order valence-electron chi connectivity index (χ3n) is 3.20. The highest BCUT2D eigenvalue weighted by molar-refractivity contribution is 5.90. The third-order valence-corrected chi connectivity index (χ3v) is 3.20. The number of phenolic OH excluding ortho intramolecular Hbond substituents is 1. The third kappa shape index (κ3) is 3.09. The maximum absolute atomic E-state index is 11.8. The van der Waals surface area contributed by atoms with Gasteiger partial charge in [-0.15, -0.1) is 0 Å². The minimum atomic E-state index is -0.197. The molecule has 2 aromatic rings. The summed E-state index contributed by atoms with van der Waals surface area (Å²) in [4.78, 5) is 26.1. The maximum Gasteiger partial charge on any atom is 0.325 e. The molecule has 6 heteroatoms. The number of carbonyl (C=O) groups is 1. The lowest BCUT2D eigenvalue weighted by atomic mass is 10.3. The average Bonchev–Trinajstić information content (AvgIpc) is 2.64. The number of H-pyrrole nitrogens is 1. The summed E-state index contributed by atoms with van der Waals surface area (Å²) in [5.74, 6) is -0.0335. The summed E-state index contributed by atoms with van der Waals surface area (Å²) in [6.45, 7) is 3.99. The summed E-state index contributed by atoms with van der Waals surface area (Å²) >= 11 is 0. The zero-order valence-corrected chi connectivity index (χ0v) is 11.4. The maximum atomic E-state index is 11.8. The van der Waals surface area contributed by atoms with Crippen molar-refractivity contribution in [2.24, 2.45) is 0 Å². The van der Waals surface area contributed by atoms with Gasteiger partial charge in [0.2, 0.25) is 5.91 Å². The number of nitrogens with one attached hydrogen (secondary N) is 2. The van der Waals surface area contributed by atoms with Crippen molar-refractivity contribution in [3.63, 3.8) is 0 Å². The number of anilines is 1. The molecule has 0 saturated carbocycles. The Bertz CT molecular complexity index is 668. The van der Waals surface area contributed by atoms with E-state index in [0.717, 1.165) is 11.4 Å². The number of amides is 1. The van der Waals surface area contributed by atoms with E-state index in [4.69, 9.17) is 5.11 Å². The Hall–Kier alpha value is -2.50. The molecule has 0 spiro atoms. The Labute approximate surface area is 116 Å². The highest BCUT2D eigenvalue weighted by Gasteiger charge is 2.09. The van der Waals surface area contributed by atoms with Gasteiger partial charge < -0.3 is 15.4 Å². The fraction of sp³-hybridized carbons (Fsp3) is 0.286. The lowest BCUT2D eigenvalue weighted by Gasteiger charge is -2.06. The van der Waals surface area contributed by atoms with E-state index in [0.29, 0.717) is 12.2 Å². The van der Waals surface area contributed by atoms with Crippen LogP contribution in [0.25, 0.3) is 0 Å². The molecular weight excluding hydrogens is 258 g/mol. The number of aromatic nitrogens is 2. The van der Waals surface area contributed by atoms with Gasteiger partial charge in [0.15, 0.2) is 0 Å². The van der Waals surface area contributed by atoms with E-state index in [1.807, 2.05) is 13.8 Å². The second-order valence-electron chi connectivity index (χ2n) is 4.64. The van der Waals surface area contributed by atoms with Gasteiger partial charge in [-0.1, -0.05) is 0 Å². The molecule has 0 aliphatic rings. The molecule has 106 valence electrons. The van der Waals surface area contributed by atoms with E-state index in [-0.39, 0.29) is 23.8 Å². The van der Waals surface area contributed by atoms with Crippen LogP contribution < -0.4 is 11.0 Å². The molecule has 6 nitrogen and oxygen atoms in total. The number of hydrogen-bond acceptors (Lipinski definition) is 3. The van der Waals surface area contributed by atoms with Crippen molar-refractivity contribution in [3.05, 3.63) is 46.1 Å². The van der Waals surface area contributed by atoms with Crippen LogP contribution in [0.4, 0.5) is 5.69 Å². The monoisotopic (exact) mass is 275 g/mol. The summed E-state index contributed by atoms with van der Waals surface area (Å²) in [5.41, 5.74) is 2.07. The molecule has 0 atom stereocenters. The van der Waals surface area contributed by atoms with Crippen molar-refractivity contribution in [1.29, 1.82) is 0 Å². The first-order chi connectivity index (χ1) is 9.47. The Balaban J connectivity index is 1.95. The number of hydrogen-bond donors (Lipinski definition) is 3. The van der Waals surface area contributed by atoms with Gasteiger partial charge in [0.25, 0.3) is 0 Å². The average molecular weight is 275 g/mol. The Morgan fingerprint density at radius 3 is 2.50 bits per heavy atom. The quantitative estimate of drug-likeness (QED) is 0.739. The van der Waals surface area contributed by atoms with Gasteiger partial charge >= 0.3 is 5.69 Å². The van der Waals surface area contributed by atoms with Gasteiger partial charge in [-0.2, -0.15) is 0 Å². The molecule has 0 saturated heterocycles. The van der Waals surface area contributed by atoms with Gasteiger partial charge in [-0.25, -0.2) is 4.79 Å². The lowest BCUT2D eigenvalue weighted by Crippen LogP contribution is -2.22. The van der Waals surface area contributed by atoms with E-state index >= 15 is 0 Å². The van der Waals surface area contributed by atoms with Crippen LogP contribution in [-0.2, 0) is 11.3 Å². The second kappa shape index (κ2) is 5.64. The summed E-state index contributed by atoms with van der Waals surface area (Å²) in [6, 6.07) is 6.23. The van der Waals surface area contributed by atoms with E-state index in [1.165, 1.54) is 12.1 Å². The molecule has 1 heterocycles. The summed E-state index contributed by atoms with van der Waals surface area (Å²) < 4.78 is 1.55. The van der Waals surface area contributed by atoms with Crippen LogP contribution in [0.15, 0.2) is 29.1 Å². The number of imidazole rings is 1. The van der Waals surface area contributed by atoms with Crippen LogP contribution in [0.1, 0.15) is 17.8 Å². The number of aromatic amines is 1. The SMILES string of the molecule is Cc1[nH]c(=O)n(CCC(=O)Nc2ccc(O)cc2)c1C. The van der Waals surface area contributed by atoms with Crippen LogP contribution in [-0.4, -0.2) is 20.6 Å². The topological polar surface area (TPSA) is 87.1 Å². The number of carbonyl (C=O) groups excluding carboxylic acids is 1. The number of benzene rings is 1. The fourth-order valence-corrected chi connectivity index (χ4v) is 1.92. The normalized spacial score (nSPS) is 10.5. The molecule has 1 aromatic heterocycles. The summed E-state index contributed by atoms with van der Waals surface area (Å²) in [5, 5.41) is 11.9. The molecule has 0 aliphatic carbocycles. The highest BCUT2D eigenvalue weighted by atomic mass is 16.3. The molecule has 0 radical (unpaired) electrons. The zero-order chi connectivity index (χ0) is 14.7. The van der Waals surface area contributed by atoms with Crippen LogP contribution >= 0.6 is 0 Å². The van der Waals surface area contributed by atoms with Crippen molar-refractivity contribution in [2.45, 2.75) is 26.8 Å². The number of nitrogens with zero attached hydrogens (tertiary/aromatic N) is 1. The number of aromatic hydroxyl groups is 1. The molecule has 0 aliphatic heterocycles. The molecular formula is C14H17N3O3. The number of phenols is 1. The molecule has 20 heavy (non-hydrogen) atoms. The van der Waals surface area contributed by atoms with E-state index in [2.05, 4.69) is 10.3 Å². The van der Waals surface area contributed by atoms with Crippen molar-refractivity contribution < 1.29 is 9.90 Å². The standard InChI is InChI=1S/C14H17N3O3/c1-9-10(2)17(14(20)15-9)8-7-13(19)16-11-3-5-12(18)6-4-11/h3-6,18H,7-8H2,1-2H3,(H,15,20)(H,16,19). The summed E-state index contributed by atoms with van der Waals surface area (Å²) in [6.07, 6.45) is 0.207. The largest absolute Gasteiger partial charge is 0.508 e. The Morgan fingerprint density at radius 2 is 1.95 bits per heavy atom. The van der Waals surface area contributed by atoms with Crippen LogP contribution in [0, 0.1) is 13.8 Å². The second-order valence-corrected chi connectivity index (χ2v) is 4.64. The summed E-state index contributed by atoms with van der Waals surface area (Å²) in [7, 11) is 0. The molecule has 0 unspecified atom stereocenters. The van der Waals surface area contributed by atoms with Crippen molar-refractivity contribution in [3.8, 4) is 5.75 Å². The minimum Gasteiger partial charge on any atom is -0.508 e. The van der Waals surface area contributed by atoms with Crippen molar-refractivity contribution in [1.82, 2.24) is 9.55 Å². The van der Waals surface area contributed by atoms with Crippen LogP contribution in [0.5, 0.6) is 5.75 Å². The molecule has 0 fully saturated rings. The molecule has 0 bridgehead atoms. The van der Waals surface area contributed by atoms with Gasteiger partial charge in [0.1, 0.15) is 5.75 Å². The van der Waals surface area contributed by atoms with Crippen molar-refractivity contribution in [2.75, 3.05) is 5.32 Å². The van der Waals surface area contributed by atoms with Crippen LogP contribution in [0.3, 0.4) is 0 Å². The molecule has 2 rings (SSSR count). The lowest BCUT2D eigenvalue weighted by molar-refractivity contribution is -0.116. The first kappa shape index (κ1) is 13.9. The van der Waals surface area contributed by atoms with Gasteiger partial charge in [-0.3, -0.25) is 9.36 Å². The minimum absolute atomic E-state index is 0.146. The number of aryl methyl sites for hydroxylation is 1. The van der Waals surface area contributed by atoms with Crippen molar-refractivity contribution >= 4 is 11.6 Å². The smallest absolute Gasteiger partial charge is 0.325 e. The predicted molar refractivity (Wildman–Crippen MR) is 75.9 cm³/mol. The fourth-order valence-electron chi connectivity index (χ4n) is 1.92. The Kier molecular flexibility index (Phi) is 3.93. The Morgan fingerprint density at radius 1 is 1.30 bits per heavy atom. The van der Waals surface area contributed by atoms with Crippen LogP contribution in [0.2, 0.25) is 0 Å². The van der Waals surface area contributed by atoms with Gasteiger partial charge in [0, 0.05) is 30.0 Å². The first-order valence-corrected chi connectivity index (χ1v) is 6.32. The molecule has 1 aromatic carbocycles.